The summed E-state index contributed by atoms with van der Waals surface area (Å²) in [7, 11) is 0. The molecule has 1 atom stereocenters. The van der Waals surface area contributed by atoms with Crippen LogP contribution < -0.4 is 0 Å². The highest BCUT2D eigenvalue weighted by Gasteiger charge is 2.27. The zero-order valence-electron chi connectivity index (χ0n) is 13.4. The Hall–Kier alpha value is -0.860. The van der Waals surface area contributed by atoms with E-state index in [1.807, 2.05) is 12.1 Å². The monoisotopic (exact) mass is 307 g/mol. The molecule has 0 aromatic heterocycles. The Labute approximate surface area is 133 Å². The van der Waals surface area contributed by atoms with Crippen LogP contribution in [0.4, 0.5) is 0 Å². The van der Waals surface area contributed by atoms with E-state index in [2.05, 4.69) is 25.7 Å². The molecule has 1 unspecified atom stereocenters. The zero-order valence-corrected chi connectivity index (χ0v) is 14.1. The summed E-state index contributed by atoms with van der Waals surface area (Å²) in [6.07, 6.45) is 3.66. The van der Waals surface area contributed by atoms with Crippen molar-refractivity contribution in [2.75, 3.05) is 19.6 Å². The number of benzene rings is 1. The molecule has 0 bridgehead atoms. The molecule has 1 saturated heterocycles. The number of likely N-dealkylation sites (tertiary alicyclic amines) is 1. The summed E-state index contributed by atoms with van der Waals surface area (Å²) in [5, 5.41) is 0.675. The van der Waals surface area contributed by atoms with Gasteiger partial charge in [-0.2, -0.15) is 0 Å². The SMILES string of the molecule is CC(C)(C)C1CCCN(CC(=O)c2ccc(Cl)cc2)CC1. The first-order chi connectivity index (χ1) is 9.86. The molecule has 1 aromatic rings. The standard InChI is InChI=1S/C18H26ClNO/c1-18(2,3)15-5-4-11-20(12-10-15)13-17(21)14-6-8-16(19)9-7-14/h6-9,15H,4-5,10-13H2,1-3H3. The molecule has 1 aliphatic rings. The van der Waals surface area contributed by atoms with Crippen LogP contribution >= 0.6 is 11.6 Å². The molecule has 2 rings (SSSR count). The minimum atomic E-state index is 0.195. The largest absolute Gasteiger partial charge is 0.296 e. The minimum Gasteiger partial charge on any atom is -0.296 e. The fourth-order valence-corrected chi connectivity index (χ4v) is 3.24. The quantitative estimate of drug-likeness (QED) is 0.756. The van der Waals surface area contributed by atoms with Gasteiger partial charge in [-0.1, -0.05) is 32.4 Å². The number of hydrogen-bond donors (Lipinski definition) is 0. The van der Waals surface area contributed by atoms with Gasteiger partial charge in [0, 0.05) is 10.6 Å². The molecule has 1 fully saturated rings. The van der Waals surface area contributed by atoms with Crippen LogP contribution in [0.5, 0.6) is 0 Å². The maximum atomic E-state index is 12.3. The number of hydrogen-bond acceptors (Lipinski definition) is 2. The van der Waals surface area contributed by atoms with E-state index in [1.165, 1.54) is 19.3 Å². The Morgan fingerprint density at radius 1 is 1.19 bits per heavy atom. The van der Waals surface area contributed by atoms with E-state index < -0.39 is 0 Å². The average Bonchev–Trinajstić information content (AvgIpc) is 2.64. The highest BCUT2D eigenvalue weighted by molar-refractivity contribution is 6.30. The summed E-state index contributed by atoms with van der Waals surface area (Å²) in [6, 6.07) is 7.21. The Bertz CT molecular complexity index is 475. The first kappa shape index (κ1) is 16.5. The van der Waals surface area contributed by atoms with Gasteiger partial charge < -0.3 is 0 Å². The summed E-state index contributed by atoms with van der Waals surface area (Å²) < 4.78 is 0. The number of halogens is 1. The van der Waals surface area contributed by atoms with Crippen molar-refractivity contribution in [1.82, 2.24) is 4.90 Å². The number of carbonyl (C=O) groups is 1. The second kappa shape index (κ2) is 6.93. The van der Waals surface area contributed by atoms with E-state index in [-0.39, 0.29) is 5.78 Å². The summed E-state index contributed by atoms with van der Waals surface area (Å²) in [6.45, 7) is 9.57. The Morgan fingerprint density at radius 2 is 1.86 bits per heavy atom. The fraction of sp³-hybridized carbons (Fsp3) is 0.611. The molecule has 0 radical (unpaired) electrons. The number of carbonyl (C=O) groups excluding carboxylic acids is 1. The van der Waals surface area contributed by atoms with E-state index >= 15 is 0 Å². The Kier molecular flexibility index (Phi) is 5.45. The number of ketones is 1. The van der Waals surface area contributed by atoms with Gasteiger partial charge in [0.2, 0.25) is 0 Å². The smallest absolute Gasteiger partial charge is 0.176 e. The Balaban J connectivity index is 1.91. The number of rotatable bonds is 3. The van der Waals surface area contributed by atoms with Gasteiger partial charge >= 0.3 is 0 Å². The summed E-state index contributed by atoms with van der Waals surface area (Å²) >= 11 is 5.87. The number of nitrogens with zero attached hydrogens (tertiary/aromatic N) is 1. The molecule has 116 valence electrons. The van der Waals surface area contributed by atoms with Crippen molar-refractivity contribution in [3.63, 3.8) is 0 Å². The molecule has 1 aliphatic heterocycles. The van der Waals surface area contributed by atoms with E-state index in [0.717, 1.165) is 24.6 Å². The summed E-state index contributed by atoms with van der Waals surface area (Å²) in [4.78, 5) is 14.6. The summed E-state index contributed by atoms with van der Waals surface area (Å²) in [5.74, 6) is 0.953. The molecule has 0 amide bonds. The third-order valence-electron chi connectivity index (χ3n) is 4.58. The molecule has 0 N–H and O–H groups in total. The van der Waals surface area contributed by atoms with Gasteiger partial charge in [0.1, 0.15) is 0 Å². The van der Waals surface area contributed by atoms with Gasteiger partial charge in [-0.05, 0) is 68.0 Å². The third-order valence-corrected chi connectivity index (χ3v) is 4.83. The zero-order chi connectivity index (χ0) is 15.5. The first-order valence-electron chi connectivity index (χ1n) is 7.87. The van der Waals surface area contributed by atoms with Gasteiger partial charge in [0.25, 0.3) is 0 Å². The van der Waals surface area contributed by atoms with Crippen LogP contribution in [0.25, 0.3) is 0 Å². The maximum absolute atomic E-state index is 12.3. The van der Waals surface area contributed by atoms with Crippen molar-refractivity contribution < 1.29 is 4.79 Å². The summed E-state index contributed by atoms with van der Waals surface area (Å²) in [5.41, 5.74) is 1.13. The average molecular weight is 308 g/mol. The van der Waals surface area contributed by atoms with Crippen molar-refractivity contribution in [2.24, 2.45) is 11.3 Å². The molecule has 2 nitrogen and oxygen atoms in total. The second-order valence-electron chi connectivity index (χ2n) is 7.20. The van der Waals surface area contributed by atoms with Crippen molar-refractivity contribution in [3.05, 3.63) is 34.9 Å². The van der Waals surface area contributed by atoms with Crippen LogP contribution in [-0.4, -0.2) is 30.3 Å². The lowest BCUT2D eigenvalue weighted by atomic mass is 9.77. The van der Waals surface area contributed by atoms with Gasteiger partial charge in [-0.3, -0.25) is 9.69 Å². The third kappa shape index (κ3) is 4.82. The van der Waals surface area contributed by atoms with E-state index in [0.29, 0.717) is 17.0 Å². The lowest BCUT2D eigenvalue weighted by Gasteiger charge is -2.29. The van der Waals surface area contributed by atoms with E-state index in [4.69, 9.17) is 11.6 Å². The van der Waals surface area contributed by atoms with Gasteiger partial charge in [-0.15, -0.1) is 0 Å². The second-order valence-corrected chi connectivity index (χ2v) is 7.64. The topological polar surface area (TPSA) is 20.3 Å². The molecular weight excluding hydrogens is 282 g/mol. The highest BCUT2D eigenvalue weighted by Crippen LogP contribution is 2.34. The lowest BCUT2D eigenvalue weighted by molar-refractivity contribution is 0.0930. The molecule has 0 saturated carbocycles. The Morgan fingerprint density at radius 3 is 2.48 bits per heavy atom. The molecule has 0 spiro atoms. The van der Waals surface area contributed by atoms with E-state index in [1.54, 1.807) is 12.1 Å². The van der Waals surface area contributed by atoms with Gasteiger partial charge in [0.05, 0.1) is 6.54 Å². The van der Waals surface area contributed by atoms with Crippen LogP contribution in [0.15, 0.2) is 24.3 Å². The van der Waals surface area contributed by atoms with Crippen LogP contribution in [0.3, 0.4) is 0 Å². The normalized spacial score (nSPS) is 21.0. The lowest BCUT2D eigenvalue weighted by Crippen LogP contribution is -2.31. The van der Waals surface area contributed by atoms with Crippen molar-refractivity contribution >= 4 is 17.4 Å². The van der Waals surface area contributed by atoms with Crippen LogP contribution in [0.1, 0.15) is 50.4 Å². The first-order valence-corrected chi connectivity index (χ1v) is 8.25. The molecule has 21 heavy (non-hydrogen) atoms. The predicted octanol–water partition coefficient (Wildman–Crippen LogP) is 4.67. The maximum Gasteiger partial charge on any atom is 0.176 e. The van der Waals surface area contributed by atoms with Gasteiger partial charge in [0.15, 0.2) is 5.78 Å². The molecule has 1 heterocycles. The predicted molar refractivity (Wildman–Crippen MR) is 89.0 cm³/mol. The van der Waals surface area contributed by atoms with Crippen LogP contribution in [0, 0.1) is 11.3 Å². The fourth-order valence-electron chi connectivity index (χ4n) is 3.11. The van der Waals surface area contributed by atoms with Gasteiger partial charge in [-0.25, -0.2) is 0 Å². The van der Waals surface area contributed by atoms with Crippen molar-refractivity contribution in [1.29, 1.82) is 0 Å². The van der Waals surface area contributed by atoms with Crippen molar-refractivity contribution in [3.8, 4) is 0 Å². The van der Waals surface area contributed by atoms with Crippen LogP contribution in [-0.2, 0) is 0 Å². The molecule has 0 aliphatic carbocycles. The molecule has 1 aromatic carbocycles. The molecular formula is C18H26ClNO. The minimum absolute atomic E-state index is 0.195. The molecule has 3 heteroatoms. The van der Waals surface area contributed by atoms with Crippen LogP contribution in [0.2, 0.25) is 5.02 Å². The van der Waals surface area contributed by atoms with E-state index in [9.17, 15) is 4.79 Å². The highest BCUT2D eigenvalue weighted by atomic mass is 35.5. The van der Waals surface area contributed by atoms with Crippen molar-refractivity contribution in [2.45, 2.75) is 40.0 Å². The number of Topliss-reactive ketones (excluding diaryl/α,β-unsaturated/α-hetero) is 1.